The SMILES string of the molecule is CC1(C)O[C@H]2O[C@H]([C@H](O)CO)[C@H](SCCc3ccccc3)[C@H]2O1. The van der Waals surface area contributed by atoms with E-state index < -0.39 is 24.3 Å². The van der Waals surface area contributed by atoms with Crippen LogP contribution in [0.5, 0.6) is 0 Å². The van der Waals surface area contributed by atoms with Gasteiger partial charge >= 0.3 is 0 Å². The molecule has 2 fully saturated rings. The van der Waals surface area contributed by atoms with Gasteiger partial charge < -0.3 is 24.4 Å². The van der Waals surface area contributed by atoms with Gasteiger partial charge in [-0.15, -0.1) is 0 Å². The number of hydrogen-bond acceptors (Lipinski definition) is 6. The zero-order valence-corrected chi connectivity index (χ0v) is 14.2. The number of aryl methyl sites for hydroxylation is 1. The molecular formula is C17H24O5S. The Labute approximate surface area is 140 Å². The Hall–Kier alpha value is -0.630. The van der Waals surface area contributed by atoms with Crippen LogP contribution in [0.1, 0.15) is 19.4 Å². The molecule has 6 heteroatoms. The van der Waals surface area contributed by atoms with Crippen LogP contribution < -0.4 is 0 Å². The second-order valence-electron chi connectivity index (χ2n) is 6.39. The maximum atomic E-state index is 10.0. The van der Waals surface area contributed by atoms with Gasteiger partial charge in [0, 0.05) is 0 Å². The number of aliphatic hydroxyl groups is 2. The van der Waals surface area contributed by atoms with Gasteiger partial charge in [-0.2, -0.15) is 11.8 Å². The highest BCUT2D eigenvalue weighted by molar-refractivity contribution is 8.00. The van der Waals surface area contributed by atoms with E-state index in [0.29, 0.717) is 0 Å². The van der Waals surface area contributed by atoms with Crippen molar-refractivity contribution in [3.05, 3.63) is 35.9 Å². The average Bonchev–Trinajstić information content (AvgIpc) is 3.00. The molecule has 0 radical (unpaired) electrons. The van der Waals surface area contributed by atoms with Gasteiger partial charge in [-0.3, -0.25) is 0 Å². The van der Waals surface area contributed by atoms with Crippen molar-refractivity contribution in [2.75, 3.05) is 12.4 Å². The monoisotopic (exact) mass is 340 g/mol. The topological polar surface area (TPSA) is 68.2 Å². The van der Waals surface area contributed by atoms with Crippen molar-refractivity contribution in [2.45, 2.75) is 55.9 Å². The van der Waals surface area contributed by atoms with E-state index in [9.17, 15) is 10.2 Å². The van der Waals surface area contributed by atoms with E-state index in [1.54, 1.807) is 11.8 Å². The van der Waals surface area contributed by atoms with Gasteiger partial charge in [-0.1, -0.05) is 30.3 Å². The third-order valence-electron chi connectivity index (χ3n) is 4.14. The molecule has 2 heterocycles. The highest BCUT2D eigenvalue weighted by atomic mass is 32.2. The summed E-state index contributed by atoms with van der Waals surface area (Å²) in [5.41, 5.74) is 1.28. The quantitative estimate of drug-likeness (QED) is 0.819. The number of hydrogen-bond donors (Lipinski definition) is 2. The van der Waals surface area contributed by atoms with Crippen LogP contribution in [0.15, 0.2) is 30.3 Å². The van der Waals surface area contributed by atoms with Crippen LogP contribution >= 0.6 is 11.8 Å². The number of benzene rings is 1. The second-order valence-corrected chi connectivity index (χ2v) is 7.68. The third kappa shape index (κ3) is 3.90. The fourth-order valence-electron chi connectivity index (χ4n) is 3.06. The molecule has 2 aliphatic rings. The van der Waals surface area contributed by atoms with Crippen LogP contribution in [0.3, 0.4) is 0 Å². The van der Waals surface area contributed by atoms with Crippen LogP contribution in [0, 0.1) is 0 Å². The van der Waals surface area contributed by atoms with E-state index in [4.69, 9.17) is 14.2 Å². The van der Waals surface area contributed by atoms with Gasteiger partial charge in [0.1, 0.15) is 18.3 Å². The van der Waals surface area contributed by atoms with Gasteiger partial charge in [-0.05, 0) is 31.6 Å². The Morgan fingerprint density at radius 1 is 1.22 bits per heavy atom. The minimum Gasteiger partial charge on any atom is -0.394 e. The van der Waals surface area contributed by atoms with Crippen molar-refractivity contribution in [1.82, 2.24) is 0 Å². The van der Waals surface area contributed by atoms with Crippen molar-refractivity contribution in [1.29, 1.82) is 0 Å². The number of ether oxygens (including phenoxy) is 3. The summed E-state index contributed by atoms with van der Waals surface area (Å²) in [6, 6.07) is 10.3. The highest BCUT2D eigenvalue weighted by Crippen LogP contribution is 2.43. The maximum Gasteiger partial charge on any atom is 0.188 e. The number of rotatable bonds is 6. The summed E-state index contributed by atoms with van der Waals surface area (Å²) >= 11 is 1.71. The zero-order chi connectivity index (χ0) is 16.4. The third-order valence-corrected chi connectivity index (χ3v) is 5.50. The average molecular weight is 340 g/mol. The molecular weight excluding hydrogens is 316 g/mol. The fraction of sp³-hybridized carbons (Fsp3) is 0.647. The molecule has 1 aromatic carbocycles. The molecule has 0 bridgehead atoms. The molecule has 5 atom stereocenters. The minimum absolute atomic E-state index is 0.0624. The first-order valence-electron chi connectivity index (χ1n) is 7.96. The Balaban J connectivity index is 1.63. The first-order chi connectivity index (χ1) is 11.0. The van der Waals surface area contributed by atoms with Gasteiger partial charge in [0.25, 0.3) is 0 Å². The summed E-state index contributed by atoms with van der Waals surface area (Å²) in [7, 11) is 0. The lowest BCUT2D eigenvalue weighted by molar-refractivity contribution is -0.214. The number of aliphatic hydroxyl groups excluding tert-OH is 2. The normalized spacial score (nSPS) is 33.6. The standard InChI is InChI=1S/C17H24O5S/c1-17(2)21-14-15(13(12(19)10-18)20-16(14)22-17)23-9-8-11-6-4-3-5-7-11/h3-7,12-16,18-19H,8-10H2,1-2H3/t12-,13-,14-,15+,16-/m1/s1. The van der Waals surface area contributed by atoms with Crippen molar-refractivity contribution in [2.24, 2.45) is 0 Å². The predicted octanol–water partition coefficient (Wildman–Crippen LogP) is 1.56. The van der Waals surface area contributed by atoms with Crippen LogP contribution in [0.2, 0.25) is 0 Å². The summed E-state index contributed by atoms with van der Waals surface area (Å²) in [6.45, 7) is 3.39. The Morgan fingerprint density at radius 3 is 2.65 bits per heavy atom. The summed E-state index contributed by atoms with van der Waals surface area (Å²) < 4.78 is 17.5. The molecule has 0 aromatic heterocycles. The first-order valence-corrected chi connectivity index (χ1v) is 9.00. The van der Waals surface area contributed by atoms with Crippen LogP contribution in [-0.2, 0) is 20.6 Å². The summed E-state index contributed by atoms with van der Waals surface area (Å²) in [5.74, 6) is 0.211. The summed E-state index contributed by atoms with van der Waals surface area (Å²) in [6.07, 6.45) is -1.18. The molecule has 5 nitrogen and oxygen atoms in total. The largest absolute Gasteiger partial charge is 0.394 e. The molecule has 2 aliphatic heterocycles. The Bertz CT molecular complexity index is 509. The lowest BCUT2D eigenvalue weighted by atomic mass is 10.1. The predicted molar refractivity (Wildman–Crippen MR) is 88.2 cm³/mol. The molecule has 2 N–H and O–H groups in total. The molecule has 128 valence electrons. The van der Waals surface area contributed by atoms with E-state index in [-0.39, 0.29) is 18.0 Å². The van der Waals surface area contributed by atoms with Crippen LogP contribution in [-0.4, -0.2) is 58.2 Å². The van der Waals surface area contributed by atoms with E-state index in [2.05, 4.69) is 12.1 Å². The van der Waals surface area contributed by atoms with Crippen molar-refractivity contribution < 1.29 is 24.4 Å². The molecule has 0 saturated carbocycles. The smallest absolute Gasteiger partial charge is 0.188 e. The van der Waals surface area contributed by atoms with Gasteiger partial charge in [0.2, 0.25) is 0 Å². The van der Waals surface area contributed by atoms with Crippen molar-refractivity contribution >= 4 is 11.8 Å². The molecule has 1 aromatic rings. The molecule has 0 spiro atoms. The van der Waals surface area contributed by atoms with E-state index >= 15 is 0 Å². The van der Waals surface area contributed by atoms with Crippen molar-refractivity contribution in [3.63, 3.8) is 0 Å². The van der Waals surface area contributed by atoms with Gasteiger partial charge in [-0.25, -0.2) is 0 Å². The molecule has 2 saturated heterocycles. The zero-order valence-electron chi connectivity index (χ0n) is 13.4. The fourth-order valence-corrected chi connectivity index (χ4v) is 4.50. The van der Waals surface area contributed by atoms with Crippen LogP contribution in [0.25, 0.3) is 0 Å². The second kappa shape index (κ2) is 7.09. The number of fused-ring (bicyclic) bond motifs is 1. The summed E-state index contributed by atoms with van der Waals surface area (Å²) in [4.78, 5) is 0. The molecule has 0 aliphatic carbocycles. The van der Waals surface area contributed by atoms with E-state index in [1.807, 2.05) is 32.0 Å². The van der Waals surface area contributed by atoms with Crippen molar-refractivity contribution in [3.8, 4) is 0 Å². The first kappa shape index (κ1) is 17.2. The molecule has 0 amide bonds. The Morgan fingerprint density at radius 2 is 1.96 bits per heavy atom. The number of thioether (sulfide) groups is 1. The molecule has 23 heavy (non-hydrogen) atoms. The highest BCUT2D eigenvalue weighted by Gasteiger charge is 2.56. The van der Waals surface area contributed by atoms with Gasteiger partial charge in [0.05, 0.1) is 11.9 Å². The lowest BCUT2D eigenvalue weighted by Crippen LogP contribution is -2.41. The molecule has 3 rings (SSSR count). The summed E-state index contributed by atoms with van der Waals surface area (Å²) in [5, 5.41) is 19.2. The van der Waals surface area contributed by atoms with Crippen LogP contribution in [0.4, 0.5) is 0 Å². The maximum absolute atomic E-state index is 10.0. The van der Waals surface area contributed by atoms with Gasteiger partial charge in [0.15, 0.2) is 12.1 Å². The van der Waals surface area contributed by atoms with E-state index in [1.165, 1.54) is 5.56 Å². The molecule has 0 unspecified atom stereocenters. The Kier molecular flexibility index (Phi) is 5.30. The minimum atomic E-state index is -0.926. The lowest BCUT2D eigenvalue weighted by Gasteiger charge is -2.27. The van der Waals surface area contributed by atoms with E-state index in [0.717, 1.165) is 12.2 Å².